The molecule has 5 N–H and O–H groups in total. The molecule has 0 fully saturated rings. The summed E-state index contributed by atoms with van der Waals surface area (Å²) in [5.74, 6) is -1.99. The number of nitrogens with two attached hydrogens (primary N) is 1. The molecule has 0 saturated heterocycles. The van der Waals surface area contributed by atoms with Crippen LogP contribution in [0.3, 0.4) is 0 Å². The highest BCUT2D eigenvalue weighted by Crippen LogP contribution is 2.59. The number of hydrogen-bond acceptors (Lipinski definition) is 7. The Balaban J connectivity index is 1.94. The van der Waals surface area contributed by atoms with Crippen LogP contribution in [0.4, 0.5) is 0 Å². The number of rotatable bonds is 3. The van der Waals surface area contributed by atoms with Gasteiger partial charge in [0.2, 0.25) is 5.91 Å². The Kier molecular flexibility index (Phi) is 4.72. The van der Waals surface area contributed by atoms with Crippen molar-refractivity contribution in [2.24, 2.45) is 5.73 Å². The van der Waals surface area contributed by atoms with Crippen LogP contribution in [0.15, 0.2) is 36.4 Å². The molecular weight excluding hydrogens is 473 g/mol. The molecule has 0 aromatic heterocycles. The molecule has 0 aliphatic carbocycles. The minimum absolute atomic E-state index is 0.0313. The Hall–Kier alpha value is -3.46. The van der Waals surface area contributed by atoms with E-state index in [0.717, 1.165) is 0 Å². The number of hydrogen-bond donors (Lipinski definition) is 4. The van der Waals surface area contributed by atoms with Gasteiger partial charge in [0.1, 0.15) is 23.0 Å². The van der Waals surface area contributed by atoms with Gasteiger partial charge in [-0.05, 0) is 30.2 Å². The van der Waals surface area contributed by atoms with E-state index in [1.165, 1.54) is 30.3 Å². The first-order chi connectivity index (χ1) is 15.7. The van der Waals surface area contributed by atoms with Gasteiger partial charge in [-0.25, -0.2) is 4.79 Å². The average Bonchev–Trinajstić information content (AvgIpc) is 3.04. The first-order valence-corrected chi connectivity index (χ1v) is 10.5. The van der Waals surface area contributed by atoms with Gasteiger partial charge < -0.3 is 30.5 Å². The van der Waals surface area contributed by atoms with E-state index in [9.17, 15) is 24.9 Å². The van der Waals surface area contributed by atoms with Crippen molar-refractivity contribution in [1.29, 1.82) is 0 Å². The van der Waals surface area contributed by atoms with Crippen molar-refractivity contribution < 1.29 is 34.4 Å². The van der Waals surface area contributed by atoms with Gasteiger partial charge in [-0.2, -0.15) is 0 Å². The predicted octanol–water partition coefficient (Wildman–Crippen LogP) is 3.61. The van der Waals surface area contributed by atoms with Gasteiger partial charge in [0.25, 0.3) is 0 Å². The molecule has 3 aromatic rings. The summed E-state index contributed by atoms with van der Waals surface area (Å²) >= 11 is 12.4. The van der Waals surface area contributed by atoms with E-state index in [1.807, 2.05) is 0 Å². The second-order valence-electron chi connectivity index (χ2n) is 7.68. The highest BCUT2D eigenvalue weighted by molar-refractivity contribution is 6.32. The topological polar surface area (TPSA) is 139 Å². The van der Waals surface area contributed by atoms with Gasteiger partial charge in [-0.1, -0.05) is 29.3 Å². The average molecular weight is 488 g/mol. The summed E-state index contributed by atoms with van der Waals surface area (Å²) < 4.78 is 11.8. The zero-order valence-electron chi connectivity index (χ0n) is 16.7. The Bertz CT molecular complexity index is 1330. The zero-order chi connectivity index (χ0) is 23.7. The predicted molar refractivity (Wildman–Crippen MR) is 117 cm³/mol. The fourth-order valence-corrected chi connectivity index (χ4v) is 4.71. The van der Waals surface area contributed by atoms with Crippen LogP contribution in [-0.4, -0.2) is 33.8 Å². The smallest absolute Gasteiger partial charge is 0.340 e. The maximum absolute atomic E-state index is 13.2. The molecule has 3 aromatic carbocycles. The number of phenols is 2. The summed E-state index contributed by atoms with van der Waals surface area (Å²) in [7, 11) is 0. The number of fused-ring (bicyclic) bond motifs is 6. The molecule has 168 valence electrons. The first kappa shape index (κ1) is 21.4. The molecule has 2 aliphatic heterocycles. The summed E-state index contributed by atoms with van der Waals surface area (Å²) in [6.07, 6.45) is 0.181. The minimum Gasteiger partial charge on any atom is -0.506 e. The van der Waals surface area contributed by atoms with Crippen LogP contribution in [-0.2, 0) is 16.8 Å². The van der Waals surface area contributed by atoms with Crippen LogP contribution in [0.2, 0.25) is 10.0 Å². The third-order valence-corrected chi connectivity index (χ3v) is 6.38. The monoisotopic (exact) mass is 487 g/mol. The van der Waals surface area contributed by atoms with E-state index in [1.54, 1.807) is 6.07 Å². The Labute approximate surface area is 196 Å². The summed E-state index contributed by atoms with van der Waals surface area (Å²) in [5.41, 5.74) is 5.11. The maximum Gasteiger partial charge on any atom is 0.340 e. The molecule has 33 heavy (non-hydrogen) atoms. The second-order valence-corrected chi connectivity index (χ2v) is 8.49. The summed E-state index contributed by atoms with van der Waals surface area (Å²) in [4.78, 5) is 25.4. The lowest BCUT2D eigenvalue weighted by Crippen LogP contribution is -2.33. The largest absolute Gasteiger partial charge is 0.506 e. The van der Waals surface area contributed by atoms with Crippen molar-refractivity contribution in [1.82, 2.24) is 0 Å². The van der Waals surface area contributed by atoms with E-state index in [0.29, 0.717) is 5.56 Å². The van der Waals surface area contributed by atoms with E-state index in [4.69, 9.17) is 38.4 Å². The van der Waals surface area contributed by atoms with Crippen LogP contribution in [0.1, 0.15) is 43.0 Å². The first-order valence-electron chi connectivity index (χ1n) is 9.72. The molecule has 2 aliphatic rings. The molecule has 2 heterocycles. The zero-order valence-corrected chi connectivity index (χ0v) is 18.2. The minimum atomic E-state index is -1.68. The maximum atomic E-state index is 13.2. The van der Waals surface area contributed by atoms with Crippen molar-refractivity contribution in [3.05, 3.63) is 79.8 Å². The number of carbonyl (C=O) groups is 2. The van der Waals surface area contributed by atoms with E-state index >= 15 is 0 Å². The Morgan fingerprint density at radius 2 is 1.52 bits per heavy atom. The van der Waals surface area contributed by atoms with Crippen molar-refractivity contribution >= 4 is 35.1 Å². The normalized spacial score (nSPS) is 14.8. The lowest BCUT2D eigenvalue weighted by molar-refractivity contribution is 0.0223. The van der Waals surface area contributed by atoms with Crippen LogP contribution in [0, 0.1) is 0 Å². The molecule has 1 amide bonds. The standard InChI is InChI=1S/C23H15Cl2NO7/c24-14-5-11-18(7-16(14)28)32-19-8-17(29)15(25)6-12(19)23(11)13-4-9(1-2-27)3-10(21(26)30)20(13)22(31)33-23/h3-8,27-29H,1-2H2,(H2,26,30). The number of ether oxygens (including phenoxy) is 2. The number of halogens is 2. The summed E-state index contributed by atoms with van der Waals surface area (Å²) in [5, 5.41) is 29.7. The van der Waals surface area contributed by atoms with E-state index in [-0.39, 0.29) is 73.9 Å². The van der Waals surface area contributed by atoms with Crippen LogP contribution in [0.5, 0.6) is 23.0 Å². The third-order valence-electron chi connectivity index (χ3n) is 5.77. The van der Waals surface area contributed by atoms with Gasteiger partial charge in [-0.15, -0.1) is 0 Å². The Morgan fingerprint density at radius 1 is 0.939 bits per heavy atom. The number of primary amides is 1. The van der Waals surface area contributed by atoms with Gasteiger partial charge in [0, 0.05) is 35.4 Å². The van der Waals surface area contributed by atoms with E-state index < -0.39 is 17.5 Å². The molecule has 0 saturated carbocycles. The lowest BCUT2D eigenvalue weighted by Gasteiger charge is -2.37. The van der Waals surface area contributed by atoms with Crippen LogP contribution < -0.4 is 10.5 Å². The van der Waals surface area contributed by atoms with Gasteiger partial charge in [-0.3, -0.25) is 4.79 Å². The fraction of sp³-hybridized carbons (Fsp3) is 0.130. The SMILES string of the molecule is NC(=O)c1cc(CCO)cc2c1C(=O)OC21c2cc(Cl)c(O)cc2Oc2cc(O)c(Cl)cc21. The highest BCUT2D eigenvalue weighted by Gasteiger charge is 2.55. The second kappa shape index (κ2) is 7.28. The number of carbonyl (C=O) groups excluding carboxylic acids is 2. The molecule has 0 unspecified atom stereocenters. The lowest BCUT2D eigenvalue weighted by atomic mass is 9.76. The molecule has 10 heteroatoms. The van der Waals surface area contributed by atoms with E-state index in [2.05, 4.69) is 0 Å². The number of esters is 1. The number of benzene rings is 3. The number of amides is 1. The molecular formula is C23H15Cl2NO7. The Morgan fingerprint density at radius 3 is 2.03 bits per heavy atom. The fourth-order valence-electron chi connectivity index (χ4n) is 4.38. The summed E-state index contributed by atoms with van der Waals surface area (Å²) in [6, 6.07) is 8.36. The molecule has 8 nitrogen and oxygen atoms in total. The van der Waals surface area contributed by atoms with Gasteiger partial charge in [0.15, 0.2) is 5.60 Å². The number of aliphatic hydroxyl groups excluding tert-OH is 1. The molecule has 5 rings (SSSR count). The van der Waals surface area contributed by atoms with Gasteiger partial charge in [0.05, 0.1) is 21.2 Å². The number of phenolic OH excluding ortho intramolecular Hbond substituents is 2. The number of aliphatic hydroxyl groups is 1. The van der Waals surface area contributed by atoms with Crippen molar-refractivity contribution in [3.8, 4) is 23.0 Å². The third kappa shape index (κ3) is 2.95. The summed E-state index contributed by atoms with van der Waals surface area (Å²) in [6.45, 7) is -0.214. The quantitative estimate of drug-likeness (QED) is 0.413. The highest BCUT2D eigenvalue weighted by atomic mass is 35.5. The molecule has 0 bridgehead atoms. The molecule has 0 atom stereocenters. The van der Waals surface area contributed by atoms with Gasteiger partial charge >= 0.3 is 5.97 Å². The van der Waals surface area contributed by atoms with Crippen LogP contribution in [0.25, 0.3) is 0 Å². The molecule has 1 spiro atoms. The van der Waals surface area contributed by atoms with Crippen LogP contribution >= 0.6 is 23.2 Å². The van der Waals surface area contributed by atoms with Crippen molar-refractivity contribution in [2.45, 2.75) is 12.0 Å². The van der Waals surface area contributed by atoms with Crippen molar-refractivity contribution in [3.63, 3.8) is 0 Å². The number of aromatic hydroxyl groups is 2. The molecule has 0 radical (unpaired) electrons. The van der Waals surface area contributed by atoms with Crippen molar-refractivity contribution in [2.75, 3.05) is 6.61 Å².